The van der Waals surface area contributed by atoms with Crippen molar-refractivity contribution < 1.29 is 34.6 Å². The van der Waals surface area contributed by atoms with Crippen LogP contribution in [-0.2, 0) is 30.4 Å². The fourth-order valence-corrected chi connectivity index (χ4v) is 3.85. The molecule has 186 valence electrons. The maximum Gasteiger partial charge on any atom is 0.329 e. The van der Waals surface area contributed by atoms with Gasteiger partial charge in [0.1, 0.15) is 12.6 Å². The predicted molar refractivity (Wildman–Crippen MR) is 125 cm³/mol. The molecule has 3 atom stereocenters. The summed E-state index contributed by atoms with van der Waals surface area (Å²) in [5.74, 6) is -1.09. The lowest BCUT2D eigenvalue weighted by Gasteiger charge is -2.26. The van der Waals surface area contributed by atoms with Crippen LogP contribution in [0.15, 0.2) is 24.3 Å². The minimum Gasteiger partial charge on any atom is -0.566 e. The highest BCUT2D eigenvalue weighted by Crippen LogP contribution is 2.24. The van der Waals surface area contributed by atoms with Gasteiger partial charge in [0.15, 0.2) is 5.12 Å². The summed E-state index contributed by atoms with van der Waals surface area (Å²) in [6.07, 6.45) is 0.964. The molecule has 0 saturated carbocycles. The molecule has 0 aliphatic heterocycles. The van der Waals surface area contributed by atoms with Crippen molar-refractivity contribution in [1.82, 2.24) is 5.32 Å². The van der Waals surface area contributed by atoms with Gasteiger partial charge in [0, 0.05) is 5.75 Å². The minimum atomic E-state index is -1.50. The van der Waals surface area contributed by atoms with Crippen LogP contribution in [0.3, 0.4) is 0 Å². The fraction of sp³-hybridized carbons (Fsp3) is 0.609. The zero-order chi connectivity index (χ0) is 25.2. The number of ether oxygens (including phenoxy) is 1. The molecule has 1 aromatic rings. The number of thioether (sulfide) groups is 1. The van der Waals surface area contributed by atoms with Crippen LogP contribution < -0.4 is 10.7 Å². The number of benzene rings is 1. The van der Waals surface area contributed by atoms with Crippen molar-refractivity contribution in [2.75, 3.05) is 19.0 Å². The lowest BCUT2D eigenvalue weighted by Crippen LogP contribution is -3.03. The van der Waals surface area contributed by atoms with Crippen molar-refractivity contribution in [3.63, 3.8) is 0 Å². The first kappa shape index (κ1) is 29.1. The van der Waals surface area contributed by atoms with Gasteiger partial charge >= 0.3 is 5.97 Å². The van der Waals surface area contributed by atoms with E-state index in [1.54, 1.807) is 13.8 Å². The minimum absolute atomic E-state index is 0.00491. The van der Waals surface area contributed by atoms with Gasteiger partial charge in [0.25, 0.3) is 0 Å². The van der Waals surface area contributed by atoms with E-state index in [2.05, 4.69) is 24.0 Å². The number of carbonyl (C=O) groups excluding carboxylic acids is 3. The summed E-state index contributed by atoms with van der Waals surface area (Å²) >= 11 is 0.948. The monoisotopic (exact) mass is 484 g/mol. The van der Waals surface area contributed by atoms with Crippen LogP contribution in [0.2, 0.25) is 0 Å². The molecule has 0 aliphatic rings. The van der Waals surface area contributed by atoms with Crippen LogP contribution in [0.5, 0.6) is 0 Å². The summed E-state index contributed by atoms with van der Waals surface area (Å²) in [5, 5.41) is 20.2. The van der Waals surface area contributed by atoms with E-state index in [4.69, 9.17) is 9.94 Å². The van der Waals surface area contributed by atoms with E-state index < -0.39 is 28.7 Å². The van der Waals surface area contributed by atoms with Crippen molar-refractivity contribution in [1.29, 1.82) is 0 Å². The number of hydrogen-bond acceptors (Lipinski definition) is 8. The van der Waals surface area contributed by atoms with E-state index in [9.17, 15) is 19.6 Å². The fourth-order valence-electron chi connectivity index (χ4n) is 2.91. The predicted octanol–water partition coefficient (Wildman–Crippen LogP) is 2.03. The van der Waals surface area contributed by atoms with Crippen LogP contribution in [0.25, 0.3) is 0 Å². The number of esters is 1. The number of rotatable bonds is 13. The second-order valence-corrected chi connectivity index (χ2v) is 9.93. The quantitative estimate of drug-likeness (QED) is 0.286. The summed E-state index contributed by atoms with van der Waals surface area (Å²) in [7, 11) is 0. The SMILES string of the molecule is CCOC(=O)C(CSC(=O)C(C)c1ccc(CC(C)C)cc1)NC(=O)C(C)(C)CO[NH+]([O-])O. The average Bonchev–Trinajstić information content (AvgIpc) is 2.74. The van der Waals surface area contributed by atoms with Crippen LogP contribution in [0.1, 0.15) is 58.6 Å². The lowest BCUT2D eigenvalue weighted by atomic mass is 9.93. The third-order valence-electron chi connectivity index (χ3n) is 4.92. The summed E-state index contributed by atoms with van der Waals surface area (Å²) < 4.78 is 5.03. The van der Waals surface area contributed by atoms with E-state index in [0.29, 0.717) is 5.92 Å². The third-order valence-corrected chi connectivity index (χ3v) is 6.06. The maximum absolute atomic E-state index is 12.8. The van der Waals surface area contributed by atoms with Gasteiger partial charge in [-0.05, 0) is 44.2 Å². The van der Waals surface area contributed by atoms with Crippen molar-refractivity contribution in [3.8, 4) is 0 Å². The molecule has 0 bridgehead atoms. The van der Waals surface area contributed by atoms with E-state index in [0.717, 1.165) is 23.7 Å². The Bertz CT molecular complexity index is 782. The molecule has 9 nitrogen and oxygen atoms in total. The van der Waals surface area contributed by atoms with E-state index >= 15 is 0 Å². The van der Waals surface area contributed by atoms with Crippen molar-refractivity contribution in [3.05, 3.63) is 40.6 Å². The number of hydrogen-bond donors (Lipinski definition) is 3. The largest absolute Gasteiger partial charge is 0.566 e. The Morgan fingerprint density at radius 1 is 1.18 bits per heavy atom. The summed E-state index contributed by atoms with van der Waals surface area (Å²) in [6.45, 7) is 10.5. The van der Waals surface area contributed by atoms with Crippen LogP contribution in [0, 0.1) is 16.5 Å². The maximum atomic E-state index is 12.8. The van der Waals surface area contributed by atoms with Crippen LogP contribution in [0.4, 0.5) is 0 Å². The van der Waals surface area contributed by atoms with E-state index in [-0.39, 0.29) is 30.0 Å². The zero-order valence-corrected chi connectivity index (χ0v) is 21.0. The number of carbonyl (C=O) groups is 3. The van der Waals surface area contributed by atoms with Gasteiger partial charge in [-0.25, -0.2) is 4.79 Å². The summed E-state index contributed by atoms with van der Waals surface area (Å²) in [5.41, 5.74) is 0.882. The highest BCUT2D eigenvalue weighted by molar-refractivity contribution is 8.13. The van der Waals surface area contributed by atoms with E-state index in [1.165, 1.54) is 19.4 Å². The molecule has 3 N–H and O–H groups in total. The Hall–Kier alpha value is -1.98. The Kier molecular flexibility index (Phi) is 12.0. The summed E-state index contributed by atoms with van der Waals surface area (Å²) in [4.78, 5) is 42.3. The Balaban J connectivity index is 2.79. The molecule has 1 amide bonds. The Labute approximate surface area is 199 Å². The van der Waals surface area contributed by atoms with Gasteiger partial charge in [0.05, 0.1) is 17.9 Å². The van der Waals surface area contributed by atoms with Gasteiger partial charge in [-0.1, -0.05) is 62.2 Å². The summed E-state index contributed by atoms with van der Waals surface area (Å²) in [6, 6.07) is 6.86. The first-order valence-corrected chi connectivity index (χ1v) is 11.9. The molecule has 0 aliphatic carbocycles. The van der Waals surface area contributed by atoms with Crippen LogP contribution >= 0.6 is 11.8 Å². The highest BCUT2D eigenvalue weighted by Gasteiger charge is 2.34. The van der Waals surface area contributed by atoms with Crippen molar-refractivity contribution in [2.24, 2.45) is 11.3 Å². The molecule has 3 unspecified atom stereocenters. The second kappa shape index (κ2) is 13.7. The smallest absolute Gasteiger partial charge is 0.329 e. The van der Waals surface area contributed by atoms with E-state index in [1.807, 2.05) is 24.3 Å². The van der Waals surface area contributed by atoms with Gasteiger partial charge in [-0.3, -0.25) is 9.59 Å². The van der Waals surface area contributed by atoms with Gasteiger partial charge in [-0.15, -0.1) is 0 Å². The average molecular weight is 485 g/mol. The molecule has 0 spiro atoms. The molecular weight excluding hydrogens is 448 g/mol. The molecule has 0 saturated heterocycles. The first-order chi connectivity index (χ1) is 15.4. The standard InChI is InChI=1S/C23H36N2O7S/c1-7-31-20(26)19(24-22(28)23(5,6)14-32-25(29)30)13-33-21(27)16(4)18-10-8-17(9-11-18)12-15(2)3/h8-11,15-16,19,25,29H,7,12-14H2,1-6H3,(H,24,28). The molecule has 10 heteroatoms. The molecule has 0 fully saturated rings. The van der Waals surface area contributed by atoms with Crippen LogP contribution in [-0.4, -0.2) is 47.2 Å². The topological polar surface area (TPSA) is 129 Å². The second-order valence-electron chi connectivity index (χ2n) is 8.91. The van der Waals surface area contributed by atoms with Gasteiger partial charge in [0.2, 0.25) is 5.91 Å². The van der Waals surface area contributed by atoms with Crippen molar-refractivity contribution >= 4 is 28.8 Å². The number of quaternary nitrogens is 1. The number of amides is 1. The Morgan fingerprint density at radius 2 is 1.79 bits per heavy atom. The molecular formula is C23H36N2O7S. The normalized spacial score (nSPS) is 14.5. The molecule has 0 radical (unpaired) electrons. The first-order valence-electron chi connectivity index (χ1n) is 11.0. The number of nitrogens with one attached hydrogen (secondary N) is 2. The molecule has 1 aromatic carbocycles. The highest BCUT2D eigenvalue weighted by atomic mass is 32.2. The molecule has 33 heavy (non-hydrogen) atoms. The van der Waals surface area contributed by atoms with Gasteiger partial charge < -0.3 is 15.3 Å². The zero-order valence-electron chi connectivity index (χ0n) is 20.2. The molecule has 0 heterocycles. The molecule has 0 aromatic heterocycles. The molecule has 1 rings (SSSR count). The van der Waals surface area contributed by atoms with Gasteiger partial charge in [-0.2, -0.15) is 10.0 Å². The lowest BCUT2D eigenvalue weighted by molar-refractivity contribution is -1.21. The Morgan fingerprint density at radius 3 is 2.30 bits per heavy atom. The van der Waals surface area contributed by atoms with Crippen molar-refractivity contribution in [2.45, 2.75) is 59.9 Å². The third kappa shape index (κ3) is 10.2.